The van der Waals surface area contributed by atoms with E-state index < -0.39 is 11.4 Å². The highest BCUT2D eigenvalue weighted by Gasteiger charge is 2.26. The van der Waals surface area contributed by atoms with E-state index in [1.54, 1.807) is 58.3 Å². The minimum Gasteiger partial charge on any atom is -0.459 e. The number of thioether (sulfide) groups is 1. The van der Waals surface area contributed by atoms with Crippen LogP contribution in [0.1, 0.15) is 10.6 Å². The normalized spacial score (nSPS) is 13.9. The number of piperazine rings is 1. The fraction of sp³-hybridized carbons (Fsp3) is 0.200. The zero-order valence-electron chi connectivity index (χ0n) is 18.6. The molecule has 1 fully saturated rings. The summed E-state index contributed by atoms with van der Waals surface area (Å²) in [6, 6.07) is 16.1. The molecule has 2 aromatic heterocycles. The monoisotopic (exact) mass is 492 g/mol. The molecule has 0 atom stereocenters. The number of aromatic nitrogens is 2. The van der Waals surface area contributed by atoms with Gasteiger partial charge >= 0.3 is 0 Å². The maximum atomic E-state index is 14.6. The number of fused-ring (bicyclic) bond motifs is 1. The number of rotatable bonds is 5. The number of amides is 2. The molecule has 5 rings (SSSR count). The van der Waals surface area contributed by atoms with Crippen LogP contribution in [-0.2, 0) is 4.79 Å². The lowest BCUT2D eigenvalue weighted by molar-refractivity contribution is -0.129. The molecule has 4 aromatic rings. The summed E-state index contributed by atoms with van der Waals surface area (Å²) in [5.74, 6) is -0.620. The quantitative estimate of drug-likeness (QED) is 0.314. The van der Waals surface area contributed by atoms with E-state index in [2.05, 4.69) is 4.98 Å². The third kappa shape index (κ3) is 4.57. The lowest BCUT2D eigenvalue weighted by Crippen LogP contribution is -2.51. The molecule has 35 heavy (non-hydrogen) atoms. The summed E-state index contributed by atoms with van der Waals surface area (Å²) in [5, 5.41) is 0.600. The Morgan fingerprint density at radius 3 is 2.40 bits per heavy atom. The molecule has 1 aliphatic rings. The minimum absolute atomic E-state index is 0.0192. The SMILES string of the molecule is O=C(CSc1nc2ccccc2c(=O)n1-c1ccccc1F)N1CCN(C(=O)c2ccco2)CC1. The number of hydrogen-bond acceptors (Lipinski definition) is 6. The van der Waals surface area contributed by atoms with Gasteiger partial charge in [0.2, 0.25) is 5.91 Å². The van der Waals surface area contributed by atoms with Crippen molar-refractivity contribution < 1.29 is 18.4 Å². The van der Waals surface area contributed by atoms with Crippen LogP contribution >= 0.6 is 11.8 Å². The Hall–Kier alpha value is -3.92. The Balaban J connectivity index is 1.33. The zero-order valence-corrected chi connectivity index (χ0v) is 19.4. The third-order valence-corrected chi connectivity index (χ3v) is 6.74. The summed E-state index contributed by atoms with van der Waals surface area (Å²) in [6.07, 6.45) is 1.45. The summed E-state index contributed by atoms with van der Waals surface area (Å²) in [7, 11) is 0. The van der Waals surface area contributed by atoms with Crippen molar-refractivity contribution in [1.29, 1.82) is 0 Å². The van der Waals surface area contributed by atoms with Gasteiger partial charge in [0.05, 0.1) is 28.6 Å². The molecular formula is C25H21FN4O4S. The first-order valence-corrected chi connectivity index (χ1v) is 12.0. The second kappa shape index (κ2) is 9.75. The minimum atomic E-state index is -0.558. The van der Waals surface area contributed by atoms with E-state index in [0.717, 1.165) is 11.8 Å². The van der Waals surface area contributed by atoms with Gasteiger partial charge < -0.3 is 14.2 Å². The van der Waals surface area contributed by atoms with Gasteiger partial charge in [-0.2, -0.15) is 0 Å². The van der Waals surface area contributed by atoms with Crippen LogP contribution < -0.4 is 5.56 Å². The van der Waals surface area contributed by atoms with Gasteiger partial charge in [0.1, 0.15) is 5.82 Å². The number of nitrogens with zero attached hydrogens (tertiary/aromatic N) is 4. The van der Waals surface area contributed by atoms with Crippen molar-refractivity contribution in [2.24, 2.45) is 0 Å². The maximum Gasteiger partial charge on any atom is 0.289 e. The van der Waals surface area contributed by atoms with Crippen molar-refractivity contribution in [1.82, 2.24) is 19.4 Å². The molecule has 0 spiro atoms. The largest absolute Gasteiger partial charge is 0.459 e. The van der Waals surface area contributed by atoms with Gasteiger partial charge in [0.25, 0.3) is 11.5 Å². The van der Waals surface area contributed by atoms with E-state index in [9.17, 15) is 18.8 Å². The van der Waals surface area contributed by atoms with Crippen molar-refractivity contribution in [3.63, 3.8) is 0 Å². The summed E-state index contributed by atoms with van der Waals surface area (Å²) in [6.45, 7) is 1.56. The van der Waals surface area contributed by atoms with Gasteiger partial charge in [0.15, 0.2) is 10.9 Å². The molecule has 1 saturated heterocycles. The average Bonchev–Trinajstić information content (AvgIpc) is 3.43. The standard InChI is InChI=1S/C25H21FN4O4S/c26-18-7-2-4-9-20(18)30-23(32)17-6-1-3-8-19(17)27-25(30)35-16-22(31)28-11-13-29(14-12-28)24(33)21-10-5-15-34-21/h1-10,15H,11-14,16H2. The van der Waals surface area contributed by atoms with Gasteiger partial charge in [-0.05, 0) is 36.4 Å². The molecule has 8 nitrogen and oxygen atoms in total. The van der Waals surface area contributed by atoms with E-state index in [0.29, 0.717) is 37.1 Å². The predicted molar refractivity (Wildman–Crippen MR) is 129 cm³/mol. The van der Waals surface area contributed by atoms with Crippen LogP contribution in [0.5, 0.6) is 0 Å². The molecule has 2 aromatic carbocycles. The lowest BCUT2D eigenvalue weighted by atomic mass is 10.2. The second-order valence-corrected chi connectivity index (χ2v) is 8.88. The number of halogens is 1. The molecule has 0 N–H and O–H groups in total. The Morgan fingerprint density at radius 1 is 0.943 bits per heavy atom. The molecule has 10 heteroatoms. The topological polar surface area (TPSA) is 88.7 Å². The molecule has 0 aliphatic carbocycles. The predicted octanol–water partition coefficient (Wildman–Crippen LogP) is 3.19. The highest BCUT2D eigenvalue weighted by Crippen LogP contribution is 2.23. The lowest BCUT2D eigenvalue weighted by Gasteiger charge is -2.34. The Kier molecular flexibility index (Phi) is 6.37. The van der Waals surface area contributed by atoms with Crippen LogP contribution in [0.25, 0.3) is 16.6 Å². The first-order valence-electron chi connectivity index (χ1n) is 11.0. The first-order chi connectivity index (χ1) is 17.0. The Labute approximate surface area is 204 Å². The average molecular weight is 493 g/mol. The number of carbonyl (C=O) groups excluding carboxylic acids is 2. The zero-order chi connectivity index (χ0) is 24.4. The van der Waals surface area contributed by atoms with E-state index in [4.69, 9.17) is 4.42 Å². The summed E-state index contributed by atoms with van der Waals surface area (Å²) < 4.78 is 21.0. The van der Waals surface area contributed by atoms with Crippen LogP contribution in [0, 0.1) is 5.82 Å². The molecule has 0 saturated carbocycles. The van der Waals surface area contributed by atoms with Gasteiger partial charge in [-0.15, -0.1) is 0 Å². The highest BCUT2D eigenvalue weighted by atomic mass is 32.2. The fourth-order valence-electron chi connectivity index (χ4n) is 3.99. The van der Waals surface area contributed by atoms with Crippen molar-refractivity contribution in [2.75, 3.05) is 31.9 Å². The molecule has 0 radical (unpaired) electrons. The van der Waals surface area contributed by atoms with Crippen molar-refractivity contribution >= 4 is 34.5 Å². The van der Waals surface area contributed by atoms with E-state index in [1.807, 2.05) is 0 Å². The smallest absolute Gasteiger partial charge is 0.289 e. The Bertz CT molecular complexity index is 1450. The van der Waals surface area contributed by atoms with Crippen molar-refractivity contribution in [3.8, 4) is 5.69 Å². The van der Waals surface area contributed by atoms with Crippen LogP contribution in [0.4, 0.5) is 4.39 Å². The van der Waals surface area contributed by atoms with E-state index in [-0.39, 0.29) is 34.2 Å². The first kappa shape index (κ1) is 22.9. The summed E-state index contributed by atoms with van der Waals surface area (Å²) in [5.41, 5.74) is 0.154. The molecule has 0 bridgehead atoms. The van der Waals surface area contributed by atoms with Gasteiger partial charge in [0, 0.05) is 26.2 Å². The molecule has 2 amide bonds. The van der Waals surface area contributed by atoms with Gasteiger partial charge in [-0.1, -0.05) is 36.0 Å². The third-order valence-electron chi connectivity index (χ3n) is 5.81. The molecule has 3 heterocycles. The fourth-order valence-corrected chi connectivity index (χ4v) is 4.90. The second-order valence-electron chi connectivity index (χ2n) is 7.94. The molecule has 1 aliphatic heterocycles. The maximum absolute atomic E-state index is 14.6. The molecule has 178 valence electrons. The number of furan rings is 1. The summed E-state index contributed by atoms with van der Waals surface area (Å²) >= 11 is 1.08. The number of hydrogen-bond donors (Lipinski definition) is 0. The van der Waals surface area contributed by atoms with Gasteiger partial charge in [-0.3, -0.25) is 19.0 Å². The highest BCUT2D eigenvalue weighted by molar-refractivity contribution is 7.99. The number of benzene rings is 2. The van der Waals surface area contributed by atoms with Crippen molar-refractivity contribution in [3.05, 3.63) is 88.9 Å². The number of para-hydroxylation sites is 2. The van der Waals surface area contributed by atoms with Crippen LogP contribution in [0.2, 0.25) is 0 Å². The number of carbonyl (C=O) groups is 2. The van der Waals surface area contributed by atoms with Crippen molar-refractivity contribution in [2.45, 2.75) is 5.16 Å². The van der Waals surface area contributed by atoms with Crippen LogP contribution in [-0.4, -0.2) is 63.1 Å². The molecular weight excluding hydrogens is 471 g/mol. The van der Waals surface area contributed by atoms with Crippen LogP contribution in [0.15, 0.2) is 81.3 Å². The van der Waals surface area contributed by atoms with Gasteiger partial charge in [-0.25, -0.2) is 9.37 Å². The summed E-state index contributed by atoms with van der Waals surface area (Å²) in [4.78, 5) is 46.5. The van der Waals surface area contributed by atoms with E-state index >= 15 is 0 Å². The van der Waals surface area contributed by atoms with E-state index in [1.165, 1.54) is 23.0 Å². The molecule has 0 unspecified atom stereocenters. The Morgan fingerprint density at radius 2 is 1.66 bits per heavy atom. The van der Waals surface area contributed by atoms with Crippen LogP contribution in [0.3, 0.4) is 0 Å².